The molecule has 11 rings (SSSR count). The average Bonchev–Trinajstić information content (AvgIpc) is 4.06. The molecule has 1 aliphatic rings. The summed E-state index contributed by atoms with van der Waals surface area (Å²) in [7, 11) is 0. The number of nitrogens with zero attached hydrogens (tertiary/aromatic N) is 4. The summed E-state index contributed by atoms with van der Waals surface area (Å²) in [4.78, 5) is 36.7. The van der Waals surface area contributed by atoms with Gasteiger partial charge in [0.1, 0.15) is 0 Å². The predicted molar refractivity (Wildman–Crippen MR) is 251 cm³/mol. The van der Waals surface area contributed by atoms with Crippen LogP contribution in [0.1, 0.15) is 33.6 Å². The minimum atomic E-state index is -0.487. The molecular weight excluding hydrogens is 807 g/mol. The molecule has 7 heteroatoms. The van der Waals surface area contributed by atoms with Gasteiger partial charge in [-0.05, 0) is 89.4 Å². The van der Waals surface area contributed by atoms with Gasteiger partial charge in [-0.3, -0.25) is 0 Å². The zero-order valence-electron chi connectivity index (χ0n) is 34.4. The largest absolute Gasteiger partial charge is 2.00 e. The fourth-order valence-corrected chi connectivity index (χ4v) is 8.75. The van der Waals surface area contributed by atoms with E-state index in [2.05, 4.69) is 125 Å². The Balaban J connectivity index is 0.00000458. The zero-order chi connectivity index (χ0) is 41.4. The van der Waals surface area contributed by atoms with Gasteiger partial charge in [0.2, 0.25) is 5.71 Å². The Hall–Kier alpha value is -7.34. The van der Waals surface area contributed by atoms with Crippen molar-refractivity contribution >= 4 is 67.0 Å². The number of rotatable bonds is 4. The van der Waals surface area contributed by atoms with Gasteiger partial charge in [-0.15, -0.1) is 22.1 Å². The molecular formula is C55H38N4NiO2. The van der Waals surface area contributed by atoms with Gasteiger partial charge in [-0.25, -0.2) is 14.8 Å². The summed E-state index contributed by atoms with van der Waals surface area (Å²) < 4.78 is 6.48. The summed E-state index contributed by atoms with van der Waals surface area (Å²) >= 11 is 0. The first-order valence-electron chi connectivity index (χ1n) is 20.5. The molecule has 0 aliphatic carbocycles. The van der Waals surface area contributed by atoms with Crippen molar-refractivity contribution in [1.82, 2.24) is 19.9 Å². The Morgan fingerprint density at radius 2 is 0.903 bits per heavy atom. The van der Waals surface area contributed by atoms with E-state index < -0.39 is 5.63 Å². The van der Waals surface area contributed by atoms with Crippen molar-refractivity contribution in [2.75, 3.05) is 0 Å². The maximum Gasteiger partial charge on any atom is 2.00 e. The van der Waals surface area contributed by atoms with E-state index in [1.807, 2.05) is 60.7 Å². The van der Waals surface area contributed by atoms with E-state index in [9.17, 15) is 0 Å². The second-order valence-corrected chi connectivity index (χ2v) is 16.1. The van der Waals surface area contributed by atoms with Crippen LogP contribution in [-0.2, 0) is 16.5 Å². The third-order valence-corrected chi connectivity index (χ3v) is 11.8. The molecule has 0 saturated heterocycles. The van der Waals surface area contributed by atoms with Crippen LogP contribution in [0.4, 0.5) is 0 Å². The van der Waals surface area contributed by atoms with Gasteiger partial charge in [0.05, 0.1) is 22.3 Å². The van der Waals surface area contributed by atoms with Crippen LogP contribution in [0.3, 0.4) is 0 Å². The number of hydrogen-bond acceptors (Lipinski definition) is 4. The first-order valence-corrected chi connectivity index (χ1v) is 20.5. The van der Waals surface area contributed by atoms with Crippen molar-refractivity contribution in [2.24, 2.45) is 0 Å². The fraction of sp³-hybridized carbons (Fsp3) is 0.0727. The van der Waals surface area contributed by atoms with Gasteiger partial charge >= 0.3 is 22.1 Å². The standard InChI is InChI=1S/C55H39N4O2.Ni/c1-31-10-17-36(18-11-31)48-41-24-25-42(56-41)49(37-19-12-32(2)13-20-37)44-27-29-46(58-44)51-39-23-16-34(4)30-40(39)47(35-8-6-5-7-9-35)52-53(51)59-54(61-55(52)60)50(45-28-26-43(48)57-45)38-21-14-33(3)15-22-38;/h5-30H,1-4H3,(H-,56,57,58,59,60);/q-1;+2/p-1. The Bertz CT molecular complexity index is 3620. The molecule has 4 aromatic heterocycles. The molecule has 0 saturated carbocycles. The van der Waals surface area contributed by atoms with Crippen molar-refractivity contribution < 1.29 is 20.9 Å². The monoisotopic (exact) mass is 844 g/mol. The fourth-order valence-electron chi connectivity index (χ4n) is 8.75. The average molecular weight is 846 g/mol. The van der Waals surface area contributed by atoms with Crippen molar-refractivity contribution in [3.8, 4) is 44.5 Å². The summed E-state index contributed by atoms with van der Waals surface area (Å²) in [5.74, 6) is 0. The van der Waals surface area contributed by atoms with E-state index in [-0.39, 0.29) is 22.2 Å². The molecule has 0 N–H and O–H groups in total. The van der Waals surface area contributed by atoms with Crippen LogP contribution in [0.2, 0.25) is 0 Å². The Kier molecular flexibility index (Phi) is 9.58. The number of benzene rings is 6. The molecule has 0 spiro atoms. The predicted octanol–water partition coefficient (Wildman–Crippen LogP) is 13.2. The summed E-state index contributed by atoms with van der Waals surface area (Å²) in [5, 5.41) is 3.00. The van der Waals surface area contributed by atoms with Crippen LogP contribution in [0.5, 0.6) is 0 Å². The van der Waals surface area contributed by atoms with E-state index >= 15 is 4.79 Å². The Labute approximate surface area is 367 Å². The number of aryl methyl sites for hydroxylation is 4. The smallest absolute Gasteiger partial charge is 0.657 e. The summed E-state index contributed by atoms with van der Waals surface area (Å²) in [5.41, 5.74) is 15.9. The molecule has 62 heavy (non-hydrogen) atoms. The summed E-state index contributed by atoms with van der Waals surface area (Å²) in [6.07, 6.45) is 4.15. The van der Waals surface area contributed by atoms with E-state index in [0.29, 0.717) is 27.5 Å². The quantitative estimate of drug-likeness (QED) is 0.130. The molecule has 6 nitrogen and oxygen atoms in total. The van der Waals surface area contributed by atoms with Crippen LogP contribution in [-0.4, -0.2) is 9.97 Å². The summed E-state index contributed by atoms with van der Waals surface area (Å²) in [6.45, 7) is 8.30. The van der Waals surface area contributed by atoms with Crippen molar-refractivity contribution in [3.63, 3.8) is 0 Å². The minimum Gasteiger partial charge on any atom is -0.657 e. The number of aromatic nitrogens is 4. The van der Waals surface area contributed by atoms with Crippen LogP contribution < -0.4 is 15.6 Å². The van der Waals surface area contributed by atoms with Crippen LogP contribution in [0.15, 0.2) is 155 Å². The Morgan fingerprint density at radius 1 is 0.435 bits per heavy atom. The topological polar surface area (TPSA) is 84.2 Å². The van der Waals surface area contributed by atoms with Crippen molar-refractivity contribution in [1.29, 1.82) is 0 Å². The van der Waals surface area contributed by atoms with E-state index in [1.165, 1.54) is 0 Å². The first kappa shape index (κ1) is 38.8. The van der Waals surface area contributed by atoms with Gasteiger partial charge in [-0.2, -0.15) is 0 Å². The Morgan fingerprint density at radius 3 is 1.47 bits per heavy atom. The molecule has 6 aromatic carbocycles. The van der Waals surface area contributed by atoms with Gasteiger partial charge in [0.15, 0.2) is 0 Å². The maximum absolute atomic E-state index is 15.0. The van der Waals surface area contributed by atoms with Crippen LogP contribution in [0.25, 0.3) is 112 Å². The van der Waals surface area contributed by atoms with Gasteiger partial charge in [-0.1, -0.05) is 168 Å². The zero-order valence-corrected chi connectivity index (χ0v) is 35.4. The molecule has 0 unspecified atom stereocenters. The molecule has 300 valence electrons. The van der Waals surface area contributed by atoms with Crippen LogP contribution in [0, 0.1) is 27.7 Å². The van der Waals surface area contributed by atoms with Gasteiger partial charge in [0.25, 0.3) is 0 Å². The van der Waals surface area contributed by atoms with Crippen LogP contribution >= 0.6 is 0 Å². The van der Waals surface area contributed by atoms with Gasteiger partial charge in [0, 0.05) is 11.1 Å². The molecule has 0 fully saturated rings. The molecule has 5 heterocycles. The minimum absolute atomic E-state index is 0. The molecule has 10 aromatic rings. The third kappa shape index (κ3) is 6.53. The number of hydrogen-bond donors (Lipinski definition) is 0. The third-order valence-electron chi connectivity index (χ3n) is 11.8. The molecule has 0 amide bonds. The van der Waals surface area contributed by atoms with E-state index in [4.69, 9.17) is 24.4 Å². The van der Waals surface area contributed by atoms with Crippen molar-refractivity contribution in [3.05, 3.63) is 190 Å². The molecule has 0 atom stereocenters. The second kappa shape index (κ2) is 15.3. The normalized spacial score (nSPS) is 11.7. The molecule has 8 bridgehead atoms. The SMILES string of the molecule is Cc1ccc(-c2c3nc(c(-c4ccc(C)cc4)c4ccc([n-]4)c4c5ccc(C)cc5c(-c5ccccc5)c5c(=O)oc(nc54)c(-c4ccc(C)cc4)c4ccc2[n-]4)C=C3)cc1.[Ni+2]. The molecule has 1 aliphatic heterocycles. The second-order valence-electron chi connectivity index (χ2n) is 16.1. The van der Waals surface area contributed by atoms with E-state index in [0.717, 1.165) is 99.8 Å². The first-order chi connectivity index (χ1) is 29.8. The van der Waals surface area contributed by atoms with E-state index in [1.54, 1.807) is 0 Å². The van der Waals surface area contributed by atoms with Crippen molar-refractivity contribution in [2.45, 2.75) is 27.7 Å². The maximum atomic E-state index is 15.0. The summed E-state index contributed by atoms with van der Waals surface area (Å²) in [6, 6.07) is 49.6. The number of fused-ring (bicyclic) bond motifs is 10. The van der Waals surface area contributed by atoms with Gasteiger partial charge < -0.3 is 14.4 Å². The molecule has 0 radical (unpaired) electrons.